The average Bonchev–Trinajstić information content (AvgIpc) is 2.46. The SMILES string of the molecule is N[C@H]1COc2cc(NC(=O)c3cc(Cl)nc(Cl)c3)ccc2C1. The minimum Gasteiger partial charge on any atom is -0.492 e. The molecule has 2 heterocycles. The molecular formula is C15H13Cl2N3O2. The zero-order valence-electron chi connectivity index (χ0n) is 11.5. The Bertz CT molecular complexity index is 716. The summed E-state index contributed by atoms with van der Waals surface area (Å²) in [7, 11) is 0. The van der Waals surface area contributed by atoms with E-state index in [0.29, 0.717) is 17.9 Å². The summed E-state index contributed by atoms with van der Waals surface area (Å²) in [6.45, 7) is 0.472. The van der Waals surface area contributed by atoms with E-state index in [1.807, 2.05) is 12.1 Å². The van der Waals surface area contributed by atoms with Gasteiger partial charge in [0.25, 0.3) is 5.91 Å². The molecule has 0 unspecified atom stereocenters. The first-order chi connectivity index (χ1) is 10.5. The van der Waals surface area contributed by atoms with Gasteiger partial charge in [-0.1, -0.05) is 29.3 Å². The van der Waals surface area contributed by atoms with Crippen LogP contribution >= 0.6 is 23.2 Å². The van der Waals surface area contributed by atoms with Crippen molar-refractivity contribution in [3.63, 3.8) is 0 Å². The minimum atomic E-state index is -0.321. The smallest absolute Gasteiger partial charge is 0.255 e. The van der Waals surface area contributed by atoms with Gasteiger partial charge in [0.15, 0.2) is 0 Å². The summed E-state index contributed by atoms with van der Waals surface area (Å²) in [5, 5.41) is 3.11. The van der Waals surface area contributed by atoms with Gasteiger partial charge < -0.3 is 15.8 Å². The molecule has 0 radical (unpaired) electrons. The number of ether oxygens (including phenoxy) is 1. The molecule has 0 bridgehead atoms. The van der Waals surface area contributed by atoms with Gasteiger partial charge in [-0.05, 0) is 30.2 Å². The van der Waals surface area contributed by atoms with Crippen molar-refractivity contribution in [1.29, 1.82) is 0 Å². The predicted octanol–water partition coefficient (Wildman–Crippen LogP) is 2.90. The van der Waals surface area contributed by atoms with Gasteiger partial charge in [0.2, 0.25) is 0 Å². The van der Waals surface area contributed by atoms with Gasteiger partial charge in [0.1, 0.15) is 22.7 Å². The standard InChI is InChI=1S/C15H13Cl2N3O2/c16-13-4-9(5-14(17)20-13)15(21)19-11-2-1-8-3-10(18)7-22-12(8)6-11/h1-2,4-6,10H,3,7,18H2,(H,19,21)/t10-/m1/s1. The first-order valence-corrected chi connectivity index (χ1v) is 7.42. The number of halogens is 2. The maximum Gasteiger partial charge on any atom is 0.255 e. The third kappa shape index (κ3) is 3.32. The quantitative estimate of drug-likeness (QED) is 0.826. The second-order valence-electron chi connectivity index (χ2n) is 5.05. The Hall–Kier alpha value is -1.82. The summed E-state index contributed by atoms with van der Waals surface area (Å²) in [6.07, 6.45) is 0.763. The molecule has 2 aromatic rings. The summed E-state index contributed by atoms with van der Waals surface area (Å²) in [4.78, 5) is 16.0. The predicted molar refractivity (Wildman–Crippen MR) is 85.8 cm³/mol. The normalized spacial score (nSPS) is 16.6. The van der Waals surface area contributed by atoms with Crippen LogP contribution in [0.1, 0.15) is 15.9 Å². The van der Waals surface area contributed by atoms with Crippen LogP contribution in [0.25, 0.3) is 0 Å². The topological polar surface area (TPSA) is 77.2 Å². The number of nitrogens with two attached hydrogens (primary N) is 1. The number of fused-ring (bicyclic) bond motifs is 1. The number of nitrogens with zero attached hydrogens (tertiary/aromatic N) is 1. The van der Waals surface area contributed by atoms with Crippen molar-refractivity contribution in [1.82, 2.24) is 4.98 Å². The summed E-state index contributed by atoms with van der Waals surface area (Å²) in [5.74, 6) is 0.420. The number of pyridine rings is 1. The van der Waals surface area contributed by atoms with Crippen LogP contribution in [0, 0.1) is 0 Å². The van der Waals surface area contributed by atoms with Crippen LogP contribution in [-0.4, -0.2) is 23.5 Å². The molecule has 0 spiro atoms. The second-order valence-corrected chi connectivity index (χ2v) is 5.83. The van der Waals surface area contributed by atoms with E-state index >= 15 is 0 Å². The molecule has 114 valence electrons. The third-order valence-corrected chi connectivity index (χ3v) is 3.67. The molecule has 7 heteroatoms. The van der Waals surface area contributed by atoms with E-state index in [1.54, 1.807) is 6.07 Å². The second kappa shape index (κ2) is 6.12. The minimum absolute atomic E-state index is 0.00837. The summed E-state index contributed by atoms with van der Waals surface area (Å²) in [5.41, 5.74) is 7.85. The summed E-state index contributed by atoms with van der Waals surface area (Å²) in [6, 6.07) is 8.41. The van der Waals surface area contributed by atoms with Gasteiger partial charge in [0.05, 0.1) is 0 Å². The molecule has 0 saturated carbocycles. The zero-order valence-corrected chi connectivity index (χ0v) is 13.0. The molecule has 1 aliphatic rings. The molecule has 5 nitrogen and oxygen atoms in total. The highest BCUT2D eigenvalue weighted by Gasteiger charge is 2.17. The van der Waals surface area contributed by atoms with Crippen molar-refractivity contribution in [2.75, 3.05) is 11.9 Å². The highest BCUT2D eigenvalue weighted by atomic mass is 35.5. The van der Waals surface area contributed by atoms with Crippen LogP contribution in [0.5, 0.6) is 5.75 Å². The van der Waals surface area contributed by atoms with Gasteiger partial charge in [-0.2, -0.15) is 0 Å². The number of nitrogens with one attached hydrogen (secondary N) is 1. The number of carbonyl (C=O) groups is 1. The van der Waals surface area contributed by atoms with Crippen LogP contribution in [0.3, 0.4) is 0 Å². The highest BCUT2D eigenvalue weighted by Crippen LogP contribution is 2.28. The van der Waals surface area contributed by atoms with Crippen molar-refractivity contribution >= 4 is 34.8 Å². The van der Waals surface area contributed by atoms with Gasteiger partial charge >= 0.3 is 0 Å². The van der Waals surface area contributed by atoms with Crippen LogP contribution in [-0.2, 0) is 6.42 Å². The molecule has 3 rings (SSSR count). The van der Waals surface area contributed by atoms with Gasteiger partial charge in [-0.25, -0.2) is 4.98 Å². The van der Waals surface area contributed by atoms with E-state index in [-0.39, 0.29) is 22.3 Å². The van der Waals surface area contributed by atoms with Crippen molar-refractivity contribution in [3.05, 3.63) is 51.8 Å². The molecule has 3 N–H and O–H groups in total. The van der Waals surface area contributed by atoms with E-state index in [9.17, 15) is 4.79 Å². The molecule has 22 heavy (non-hydrogen) atoms. The first kappa shape index (κ1) is 15.1. The molecule has 0 saturated heterocycles. The highest BCUT2D eigenvalue weighted by molar-refractivity contribution is 6.33. The number of aromatic nitrogens is 1. The molecule has 1 amide bonds. The Kier molecular flexibility index (Phi) is 4.20. The lowest BCUT2D eigenvalue weighted by Gasteiger charge is -2.23. The Morgan fingerprint density at radius 2 is 2.00 bits per heavy atom. The van der Waals surface area contributed by atoms with Crippen molar-refractivity contribution in [2.45, 2.75) is 12.5 Å². The Labute approximate surface area is 137 Å². The molecular weight excluding hydrogens is 325 g/mol. The maximum atomic E-state index is 12.2. The molecule has 1 aliphatic heterocycles. The maximum absolute atomic E-state index is 12.2. The lowest BCUT2D eigenvalue weighted by molar-refractivity contribution is 0.102. The van der Waals surface area contributed by atoms with E-state index in [1.165, 1.54) is 12.1 Å². The fourth-order valence-corrected chi connectivity index (χ4v) is 2.73. The average molecular weight is 338 g/mol. The Balaban J connectivity index is 1.79. The Morgan fingerprint density at radius 1 is 1.27 bits per heavy atom. The molecule has 0 aliphatic carbocycles. The van der Waals surface area contributed by atoms with Crippen molar-refractivity contribution in [3.8, 4) is 5.75 Å². The number of hydrogen-bond acceptors (Lipinski definition) is 4. The van der Waals surface area contributed by atoms with Crippen LogP contribution in [0.4, 0.5) is 5.69 Å². The lowest BCUT2D eigenvalue weighted by atomic mass is 10.0. The monoisotopic (exact) mass is 337 g/mol. The number of rotatable bonds is 2. The van der Waals surface area contributed by atoms with Crippen molar-refractivity contribution in [2.24, 2.45) is 5.73 Å². The van der Waals surface area contributed by atoms with Gasteiger partial charge in [-0.3, -0.25) is 4.79 Å². The zero-order chi connectivity index (χ0) is 15.7. The van der Waals surface area contributed by atoms with Crippen molar-refractivity contribution < 1.29 is 9.53 Å². The number of carbonyl (C=O) groups excluding carboxylic acids is 1. The van der Waals surface area contributed by atoms with E-state index in [4.69, 9.17) is 33.7 Å². The molecule has 1 atom stereocenters. The fraction of sp³-hybridized carbons (Fsp3) is 0.200. The fourth-order valence-electron chi connectivity index (χ4n) is 2.27. The van der Waals surface area contributed by atoms with Crippen LogP contribution in [0.2, 0.25) is 10.3 Å². The summed E-state index contributed by atoms with van der Waals surface area (Å²) < 4.78 is 5.57. The molecule has 1 aromatic heterocycles. The van der Waals surface area contributed by atoms with E-state index < -0.39 is 0 Å². The molecule has 0 fully saturated rings. The van der Waals surface area contributed by atoms with E-state index in [0.717, 1.165) is 17.7 Å². The third-order valence-electron chi connectivity index (χ3n) is 3.29. The number of anilines is 1. The summed E-state index contributed by atoms with van der Waals surface area (Å²) >= 11 is 11.6. The Morgan fingerprint density at radius 3 is 2.73 bits per heavy atom. The number of benzene rings is 1. The largest absolute Gasteiger partial charge is 0.492 e. The van der Waals surface area contributed by atoms with Gasteiger partial charge in [-0.15, -0.1) is 0 Å². The van der Waals surface area contributed by atoms with Crippen LogP contribution in [0.15, 0.2) is 30.3 Å². The lowest BCUT2D eigenvalue weighted by Crippen LogP contribution is -2.33. The molecule has 1 aromatic carbocycles. The van der Waals surface area contributed by atoms with Crippen LogP contribution < -0.4 is 15.8 Å². The first-order valence-electron chi connectivity index (χ1n) is 6.67. The number of amides is 1. The van der Waals surface area contributed by atoms with E-state index in [2.05, 4.69) is 10.3 Å². The van der Waals surface area contributed by atoms with Gasteiger partial charge in [0, 0.05) is 23.4 Å². The number of hydrogen-bond donors (Lipinski definition) is 2.